The highest BCUT2D eigenvalue weighted by Crippen LogP contribution is 2.27. The molecule has 0 atom stereocenters. The number of hydrogen-bond acceptors (Lipinski definition) is 2. The molecule has 0 fully saturated rings. The fourth-order valence-electron chi connectivity index (χ4n) is 2.36. The third-order valence-electron chi connectivity index (χ3n) is 3.32. The summed E-state index contributed by atoms with van der Waals surface area (Å²) in [4.78, 5) is 4.63. The number of benzene rings is 1. The molecule has 3 nitrogen and oxygen atoms in total. The van der Waals surface area contributed by atoms with Crippen molar-refractivity contribution in [3.8, 4) is 12.3 Å². The summed E-state index contributed by atoms with van der Waals surface area (Å²) in [5.41, 5.74) is 2.84. The van der Waals surface area contributed by atoms with Gasteiger partial charge >= 0.3 is 0 Å². The van der Waals surface area contributed by atoms with Crippen LogP contribution < -0.4 is 0 Å². The summed E-state index contributed by atoms with van der Waals surface area (Å²) >= 11 is 6.22. The SMILES string of the molecule is C#CCOCc1c(C)nc2c3cccc(Cl)c3ccn12. The van der Waals surface area contributed by atoms with Crippen molar-refractivity contribution in [2.45, 2.75) is 13.5 Å². The van der Waals surface area contributed by atoms with Crippen molar-refractivity contribution in [2.75, 3.05) is 6.61 Å². The van der Waals surface area contributed by atoms with E-state index in [0.717, 1.165) is 32.8 Å². The van der Waals surface area contributed by atoms with E-state index in [1.165, 1.54) is 0 Å². The Balaban J connectivity index is 2.20. The van der Waals surface area contributed by atoms with Gasteiger partial charge in [0.05, 0.1) is 18.0 Å². The molecule has 100 valence electrons. The van der Waals surface area contributed by atoms with Gasteiger partial charge in [-0.2, -0.15) is 0 Å². The van der Waals surface area contributed by atoms with Crippen LogP contribution in [-0.4, -0.2) is 16.0 Å². The molecule has 0 amide bonds. The predicted molar refractivity (Wildman–Crippen MR) is 80.9 cm³/mol. The number of aromatic nitrogens is 2. The van der Waals surface area contributed by atoms with Crippen molar-refractivity contribution in [1.82, 2.24) is 9.38 Å². The Bertz CT molecular complexity index is 830. The third kappa shape index (κ3) is 2.03. The van der Waals surface area contributed by atoms with Crippen LogP contribution in [0.4, 0.5) is 0 Å². The monoisotopic (exact) mass is 284 g/mol. The van der Waals surface area contributed by atoms with Gasteiger partial charge in [0.25, 0.3) is 0 Å². The molecule has 20 heavy (non-hydrogen) atoms. The van der Waals surface area contributed by atoms with E-state index in [-0.39, 0.29) is 0 Å². The van der Waals surface area contributed by atoms with Crippen molar-refractivity contribution in [3.05, 3.63) is 46.9 Å². The Labute approximate surface area is 122 Å². The molecule has 0 aliphatic heterocycles. The summed E-state index contributed by atoms with van der Waals surface area (Å²) < 4.78 is 7.46. The number of imidazole rings is 1. The number of halogens is 1. The predicted octanol–water partition coefficient (Wildman–Crippen LogP) is 3.60. The van der Waals surface area contributed by atoms with E-state index < -0.39 is 0 Å². The maximum Gasteiger partial charge on any atom is 0.145 e. The molecule has 0 bridgehead atoms. The minimum absolute atomic E-state index is 0.298. The normalized spacial score (nSPS) is 11.1. The molecule has 0 aliphatic carbocycles. The first-order valence-electron chi connectivity index (χ1n) is 6.28. The fraction of sp³-hybridized carbons (Fsp3) is 0.188. The van der Waals surface area contributed by atoms with E-state index in [9.17, 15) is 0 Å². The van der Waals surface area contributed by atoms with E-state index in [1.54, 1.807) is 0 Å². The van der Waals surface area contributed by atoms with Gasteiger partial charge in [-0.1, -0.05) is 29.7 Å². The molecule has 2 heterocycles. The average molecular weight is 285 g/mol. The van der Waals surface area contributed by atoms with Gasteiger partial charge in [-0.05, 0) is 19.1 Å². The molecular formula is C16H13ClN2O. The summed E-state index contributed by atoms with van der Waals surface area (Å²) in [6.07, 6.45) is 7.17. The molecule has 0 aliphatic rings. The van der Waals surface area contributed by atoms with Gasteiger partial charge < -0.3 is 9.14 Å². The zero-order valence-electron chi connectivity index (χ0n) is 11.1. The quantitative estimate of drug-likeness (QED) is 0.543. The minimum Gasteiger partial charge on any atom is -0.362 e. The number of ether oxygens (including phenoxy) is 1. The van der Waals surface area contributed by atoms with Crippen LogP contribution in [-0.2, 0) is 11.3 Å². The second kappa shape index (κ2) is 5.16. The molecule has 3 aromatic rings. The van der Waals surface area contributed by atoms with Crippen LogP contribution in [0.25, 0.3) is 16.4 Å². The van der Waals surface area contributed by atoms with Crippen molar-refractivity contribution in [1.29, 1.82) is 0 Å². The Hall–Kier alpha value is -2.02. The Kier molecular flexibility index (Phi) is 3.35. The van der Waals surface area contributed by atoms with Gasteiger partial charge in [0.1, 0.15) is 12.3 Å². The third-order valence-corrected chi connectivity index (χ3v) is 3.65. The second-order valence-electron chi connectivity index (χ2n) is 4.55. The second-order valence-corrected chi connectivity index (χ2v) is 4.96. The Morgan fingerprint density at radius 2 is 2.20 bits per heavy atom. The first-order valence-corrected chi connectivity index (χ1v) is 6.66. The van der Waals surface area contributed by atoms with E-state index in [2.05, 4.69) is 10.9 Å². The standard InChI is InChI=1S/C16H13ClN2O/c1-3-9-20-10-15-11(2)18-16-13-5-4-6-14(17)12(13)7-8-19(15)16/h1,4-8H,9-10H2,2H3. The lowest BCUT2D eigenvalue weighted by atomic mass is 10.2. The number of rotatable bonds is 3. The Morgan fingerprint density at radius 3 is 3.00 bits per heavy atom. The minimum atomic E-state index is 0.298. The number of terminal acetylenes is 1. The zero-order valence-corrected chi connectivity index (χ0v) is 11.8. The molecule has 0 spiro atoms. The van der Waals surface area contributed by atoms with E-state index in [1.807, 2.05) is 41.8 Å². The summed E-state index contributed by atoms with van der Waals surface area (Å²) in [5, 5.41) is 2.77. The van der Waals surface area contributed by atoms with Crippen molar-refractivity contribution in [2.24, 2.45) is 0 Å². The van der Waals surface area contributed by atoms with Gasteiger partial charge in [-0.3, -0.25) is 0 Å². The topological polar surface area (TPSA) is 26.5 Å². The molecule has 0 saturated carbocycles. The van der Waals surface area contributed by atoms with Gasteiger partial charge in [-0.25, -0.2) is 4.98 Å². The van der Waals surface area contributed by atoms with Crippen LogP contribution in [0.3, 0.4) is 0 Å². The smallest absolute Gasteiger partial charge is 0.145 e. The first-order chi connectivity index (χ1) is 9.72. The first kappa shape index (κ1) is 13.0. The number of fused-ring (bicyclic) bond motifs is 3. The molecule has 1 aromatic carbocycles. The molecule has 2 aromatic heterocycles. The van der Waals surface area contributed by atoms with E-state index in [0.29, 0.717) is 13.2 Å². The van der Waals surface area contributed by atoms with E-state index in [4.69, 9.17) is 22.8 Å². The molecule has 3 rings (SSSR count). The summed E-state index contributed by atoms with van der Waals surface area (Å²) in [7, 11) is 0. The van der Waals surface area contributed by atoms with Crippen molar-refractivity contribution < 1.29 is 4.74 Å². The van der Waals surface area contributed by atoms with Crippen LogP contribution in [0.1, 0.15) is 11.4 Å². The molecule has 0 saturated heterocycles. The highest BCUT2D eigenvalue weighted by atomic mass is 35.5. The van der Waals surface area contributed by atoms with Crippen LogP contribution in [0.2, 0.25) is 5.02 Å². The zero-order chi connectivity index (χ0) is 14.1. The summed E-state index contributed by atoms with van der Waals surface area (Å²) in [6, 6.07) is 7.84. The highest BCUT2D eigenvalue weighted by molar-refractivity contribution is 6.35. The average Bonchev–Trinajstić information content (AvgIpc) is 2.76. The van der Waals surface area contributed by atoms with Crippen molar-refractivity contribution in [3.63, 3.8) is 0 Å². The van der Waals surface area contributed by atoms with Gasteiger partial charge in [0.2, 0.25) is 0 Å². The number of hydrogen-bond donors (Lipinski definition) is 0. The van der Waals surface area contributed by atoms with Crippen LogP contribution >= 0.6 is 11.6 Å². The maximum atomic E-state index is 6.22. The lowest BCUT2D eigenvalue weighted by molar-refractivity contribution is 0.149. The maximum absolute atomic E-state index is 6.22. The molecule has 0 N–H and O–H groups in total. The molecule has 0 radical (unpaired) electrons. The van der Waals surface area contributed by atoms with Gasteiger partial charge in [0, 0.05) is 22.0 Å². The lowest BCUT2D eigenvalue weighted by Gasteiger charge is -2.05. The van der Waals surface area contributed by atoms with Crippen LogP contribution in [0.5, 0.6) is 0 Å². The van der Waals surface area contributed by atoms with Crippen LogP contribution in [0, 0.1) is 19.3 Å². The van der Waals surface area contributed by atoms with Crippen molar-refractivity contribution >= 4 is 28.0 Å². The van der Waals surface area contributed by atoms with Crippen LogP contribution in [0.15, 0.2) is 30.5 Å². The Morgan fingerprint density at radius 1 is 1.35 bits per heavy atom. The molecular weight excluding hydrogens is 272 g/mol. The number of pyridine rings is 1. The number of nitrogens with zero attached hydrogens (tertiary/aromatic N) is 2. The number of aryl methyl sites for hydroxylation is 1. The van der Waals surface area contributed by atoms with E-state index >= 15 is 0 Å². The lowest BCUT2D eigenvalue weighted by Crippen LogP contribution is -1.99. The molecule has 0 unspecified atom stereocenters. The summed E-state index contributed by atoms with van der Waals surface area (Å²) in [6.45, 7) is 2.72. The highest BCUT2D eigenvalue weighted by Gasteiger charge is 2.12. The molecule has 4 heteroatoms. The van der Waals surface area contributed by atoms with Gasteiger partial charge in [0.15, 0.2) is 0 Å². The van der Waals surface area contributed by atoms with Gasteiger partial charge in [-0.15, -0.1) is 6.42 Å². The largest absolute Gasteiger partial charge is 0.362 e. The summed E-state index contributed by atoms with van der Waals surface area (Å²) in [5.74, 6) is 2.47. The fourth-order valence-corrected chi connectivity index (χ4v) is 2.60.